The van der Waals surface area contributed by atoms with Gasteiger partial charge in [-0.25, -0.2) is 4.99 Å². The minimum Gasteiger partial charge on any atom is -0.489 e. The lowest BCUT2D eigenvalue weighted by Gasteiger charge is -2.09. The van der Waals surface area contributed by atoms with Crippen LogP contribution in [0.3, 0.4) is 0 Å². The minimum absolute atomic E-state index is 0.109. The molecule has 1 heterocycles. The van der Waals surface area contributed by atoms with E-state index < -0.39 is 0 Å². The van der Waals surface area contributed by atoms with Crippen molar-refractivity contribution in [2.45, 2.75) is 12.6 Å². The second-order valence-electron chi connectivity index (χ2n) is 4.75. The predicted octanol–water partition coefficient (Wildman–Crippen LogP) is 2.22. The topological polar surface area (TPSA) is 59.6 Å². The number of rotatable bonds is 4. The zero-order chi connectivity index (χ0) is 13.8. The molecule has 4 nitrogen and oxygen atoms in total. The Kier molecular flexibility index (Phi) is 3.54. The zero-order valence-electron chi connectivity index (χ0n) is 11.1. The molecule has 0 saturated heterocycles. The van der Waals surface area contributed by atoms with Crippen LogP contribution in [-0.2, 0) is 6.61 Å². The monoisotopic (exact) mass is 267 g/mol. The van der Waals surface area contributed by atoms with Crippen LogP contribution in [0, 0.1) is 0 Å². The molecule has 3 rings (SSSR count). The van der Waals surface area contributed by atoms with Crippen molar-refractivity contribution in [1.82, 2.24) is 5.32 Å². The van der Waals surface area contributed by atoms with Gasteiger partial charge in [-0.1, -0.05) is 42.5 Å². The Balaban J connectivity index is 1.62. The molecular formula is C16H17N3O. The molecule has 0 bridgehead atoms. The first kappa shape index (κ1) is 12.5. The molecule has 0 saturated carbocycles. The van der Waals surface area contributed by atoms with Crippen molar-refractivity contribution in [1.29, 1.82) is 0 Å². The number of nitrogens with two attached hydrogens (primary N) is 1. The standard InChI is InChI=1S/C16H17N3O/c17-16-18-10-15(19-16)13-6-8-14(9-7-13)20-11-12-4-2-1-3-5-12/h1-9,15H,10-11H2,(H3,17,18,19)/t15-/m0/s1. The Labute approximate surface area is 118 Å². The summed E-state index contributed by atoms with van der Waals surface area (Å²) in [6, 6.07) is 18.3. The van der Waals surface area contributed by atoms with Gasteiger partial charge in [0.05, 0.1) is 6.04 Å². The average molecular weight is 267 g/mol. The fraction of sp³-hybridized carbons (Fsp3) is 0.188. The van der Waals surface area contributed by atoms with Crippen LogP contribution >= 0.6 is 0 Å². The van der Waals surface area contributed by atoms with E-state index in [0.29, 0.717) is 12.6 Å². The largest absolute Gasteiger partial charge is 0.489 e. The molecule has 2 aromatic carbocycles. The maximum atomic E-state index is 5.75. The van der Waals surface area contributed by atoms with Gasteiger partial charge in [-0.2, -0.15) is 0 Å². The molecule has 0 aliphatic carbocycles. The average Bonchev–Trinajstić information content (AvgIpc) is 2.93. The second-order valence-corrected chi connectivity index (χ2v) is 4.75. The Morgan fingerprint density at radius 3 is 2.50 bits per heavy atom. The molecule has 102 valence electrons. The van der Waals surface area contributed by atoms with E-state index in [1.54, 1.807) is 0 Å². The third-order valence-corrected chi connectivity index (χ3v) is 3.28. The molecule has 0 fully saturated rings. The second kappa shape index (κ2) is 5.65. The number of nitrogens with zero attached hydrogens (tertiary/aromatic N) is 1. The zero-order valence-corrected chi connectivity index (χ0v) is 11.1. The maximum absolute atomic E-state index is 5.75. The number of ether oxygens (including phenoxy) is 1. The Morgan fingerprint density at radius 2 is 1.85 bits per heavy atom. The van der Waals surface area contributed by atoms with E-state index in [-0.39, 0.29) is 6.04 Å². The smallest absolute Gasteiger partial charge is 0.189 e. The highest BCUT2D eigenvalue weighted by molar-refractivity contribution is 5.79. The van der Waals surface area contributed by atoms with Crippen molar-refractivity contribution >= 4 is 5.96 Å². The van der Waals surface area contributed by atoms with Crippen LogP contribution in [-0.4, -0.2) is 12.5 Å². The molecule has 1 atom stereocenters. The van der Waals surface area contributed by atoms with Crippen molar-refractivity contribution in [2.24, 2.45) is 10.7 Å². The van der Waals surface area contributed by atoms with Crippen LogP contribution in [0.15, 0.2) is 59.6 Å². The molecule has 1 aliphatic heterocycles. The lowest BCUT2D eigenvalue weighted by atomic mass is 10.1. The number of guanidine groups is 1. The van der Waals surface area contributed by atoms with Gasteiger partial charge in [-0.05, 0) is 23.3 Å². The lowest BCUT2D eigenvalue weighted by Crippen LogP contribution is -2.26. The number of aliphatic imine (C=N–C) groups is 1. The van der Waals surface area contributed by atoms with Crippen LogP contribution in [0.1, 0.15) is 17.2 Å². The Morgan fingerprint density at radius 1 is 1.10 bits per heavy atom. The summed E-state index contributed by atoms with van der Waals surface area (Å²) in [6.07, 6.45) is 0. The normalized spacial score (nSPS) is 17.4. The van der Waals surface area contributed by atoms with Crippen LogP contribution in [0.4, 0.5) is 0 Å². The van der Waals surface area contributed by atoms with Crippen molar-refractivity contribution in [3.63, 3.8) is 0 Å². The maximum Gasteiger partial charge on any atom is 0.189 e. The number of hydrogen-bond acceptors (Lipinski definition) is 4. The van der Waals surface area contributed by atoms with Crippen molar-refractivity contribution in [2.75, 3.05) is 6.54 Å². The van der Waals surface area contributed by atoms with Crippen LogP contribution in [0.2, 0.25) is 0 Å². The summed E-state index contributed by atoms with van der Waals surface area (Å²) in [5.74, 6) is 1.37. The molecule has 0 aromatic heterocycles. The molecule has 0 spiro atoms. The first-order chi connectivity index (χ1) is 9.81. The molecule has 4 heteroatoms. The van der Waals surface area contributed by atoms with Crippen molar-refractivity contribution in [3.05, 3.63) is 65.7 Å². The summed E-state index contributed by atoms with van der Waals surface area (Å²) >= 11 is 0. The molecule has 20 heavy (non-hydrogen) atoms. The summed E-state index contributed by atoms with van der Waals surface area (Å²) < 4.78 is 5.75. The third-order valence-electron chi connectivity index (χ3n) is 3.28. The first-order valence-corrected chi connectivity index (χ1v) is 6.65. The number of benzene rings is 2. The quantitative estimate of drug-likeness (QED) is 0.893. The molecule has 1 aliphatic rings. The van der Waals surface area contributed by atoms with Gasteiger partial charge in [-0.3, -0.25) is 0 Å². The fourth-order valence-corrected chi connectivity index (χ4v) is 2.18. The number of nitrogens with one attached hydrogen (secondary N) is 1. The first-order valence-electron chi connectivity index (χ1n) is 6.65. The highest BCUT2D eigenvalue weighted by Crippen LogP contribution is 2.22. The van der Waals surface area contributed by atoms with Gasteiger partial charge >= 0.3 is 0 Å². The van der Waals surface area contributed by atoms with E-state index in [4.69, 9.17) is 10.5 Å². The Bertz CT molecular complexity index is 593. The highest BCUT2D eigenvalue weighted by Gasteiger charge is 2.16. The van der Waals surface area contributed by atoms with E-state index >= 15 is 0 Å². The van der Waals surface area contributed by atoms with E-state index in [9.17, 15) is 0 Å². The van der Waals surface area contributed by atoms with E-state index in [0.717, 1.165) is 23.4 Å². The van der Waals surface area contributed by atoms with Crippen molar-refractivity contribution < 1.29 is 4.74 Å². The van der Waals surface area contributed by atoms with Gasteiger partial charge < -0.3 is 15.8 Å². The molecule has 2 aromatic rings. The summed E-state index contributed by atoms with van der Waals surface area (Å²) in [4.78, 5) is 4.32. The number of hydrogen-bond donors (Lipinski definition) is 2. The molecule has 0 unspecified atom stereocenters. The summed E-state index contributed by atoms with van der Waals surface area (Å²) in [5.41, 5.74) is 7.92. The molecule has 0 amide bonds. The van der Waals surface area contributed by atoms with E-state index in [1.165, 1.54) is 0 Å². The van der Waals surface area contributed by atoms with Gasteiger partial charge in [0.25, 0.3) is 0 Å². The lowest BCUT2D eigenvalue weighted by molar-refractivity contribution is 0.306. The minimum atomic E-state index is 0.109. The molecule has 0 radical (unpaired) electrons. The van der Waals surface area contributed by atoms with E-state index in [1.807, 2.05) is 42.5 Å². The highest BCUT2D eigenvalue weighted by atomic mass is 16.5. The van der Waals surface area contributed by atoms with Crippen molar-refractivity contribution in [3.8, 4) is 5.75 Å². The van der Waals surface area contributed by atoms with E-state index in [2.05, 4.69) is 22.4 Å². The summed E-state index contributed by atoms with van der Waals surface area (Å²) in [7, 11) is 0. The fourth-order valence-electron chi connectivity index (χ4n) is 2.18. The predicted molar refractivity (Wildman–Crippen MR) is 79.6 cm³/mol. The van der Waals surface area contributed by atoms with Gasteiger partial charge in [0, 0.05) is 6.54 Å². The summed E-state index contributed by atoms with van der Waals surface area (Å²) in [5, 5.41) is 3.03. The van der Waals surface area contributed by atoms with Gasteiger partial charge in [0.1, 0.15) is 12.4 Å². The van der Waals surface area contributed by atoms with Gasteiger partial charge in [0.15, 0.2) is 5.96 Å². The van der Waals surface area contributed by atoms with Crippen LogP contribution < -0.4 is 15.8 Å². The van der Waals surface area contributed by atoms with Gasteiger partial charge in [0.2, 0.25) is 0 Å². The summed E-state index contributed by atoms with van der Waals surface area (Å²) in [6.45, 7) is 1.34. The molecular weight excluding hydrogens is 250 g/mol. The van der Waals surface area contributed by atoms with Crippen LogP contribution in [0.25, 0.3) is 0 Å². The Hall–Kier alpha value is -2.49. The molecule has 3 N–H and O–H groups in total. The third kappa shape index (κ3) is 2.91. The van der Waals surface area contributed by atoms with Crippen LogP contribution in [0.5, 0.6) is 5.75 Å². The van der Waals surface area contributed by atoms with Gasteiger partial charge in [-0.15, -0.1) is 0 Å². The SMILES string of the molecule is NC1=N[C@H](c2ccc(OCc3ccccc3)cc2)CN1.